The van der Waals surface area contributed by atoms with Crippen LogP contribution in [0.5, 0.6) is 5.75 Å². The van der Waals surface area contributed by atoms with Crippen LogP contribution in [-0.4, -0.2) is 22.3 Å². The molecule has 26 heavy (non-hydrogen) atoms. The number of carbonyl (C=O) groups excluding carboxylic acids is 1. The molecule has 138 valence electrons. The highest BCUT2D eigenvalue weighted by Gasteiger charge is 2.22. The number of hydrogen-bond donors (Lipinski definition) is 1. The third-order valence-corrected chi connectivity index (χ3v) is 4.72. The Bertz CT molecular complexity index is 826. The van der Waals surface area contributed by atoms with Crippen molar-refractivity contribution >= 4 is 23.6 Å². The lowest BCUT2D eigenvalue weighted by Gasteiger charge is -2.26. The zero-order valence-electron chi connectivity index (χ0n) is 15.3. The summed E-state index contributed by atoms with van der Waals surface area (Å²) in [6.45, 7) is 7.47. The van der Waals surface area contributed by atoms with E-state index >= 15 is 0 Å². The second-order valence-corrected chi connectivity index (χ2v) is 7.29. The molecule has 1 aromatic carbocycles. The Hall–Kier alpha value is -2.27. The van der Waals surface area contributed by atoms with E-state index in [1.54, 1.807) is 10.8 Å². The fourth-order valence-electron chi connectivity index (χ4n) is 3.09. The van der Waals surface area contributed by atoms with Crippen LogP contribution in [0.25, 0.3) is 6.08 Å². The summed E-state index contributed by atoms with van der Waals surface area (Å²) >= 11 is 6.42. The maximum atomic E-state index is 12.4. The third-order valence-electron chi connectivity index (χ3n) is 4.32. The van der Waals surface area contributed by atoms with Gasteiger partial charge in [0.05, 0.1) is 18.3 Å². The van der Waals surface area contributed by atoms with Crippen molar-refractivity contribution in [2.45, 2.75) is 39.8 Å². The fraction of sp³-hybridized carbons (Fsp3) is 0.400. The first kappa shape index (κ1) is 18.5. The molecule has 1 atom stereocenters. The molecule has 1 aromatic heterocycles. The van der Waals surface area contributed by atoms with Gasteiger partial charge in [-0.25, -0.2) is 0 Å². The highest BCUT2D eigenvalue weighted by molar-refractivity contribution is 6.31. The number of hydrogen-bond acceptors (Lipinski definition) is 3. The van der Waals surface area contributed by atoms with Gasteiger partial charge in [-0.05, 0) is 25.0 Å². The SMILES string of the molecule is Cc1nn(CC(C)C)c(Cl)c1/C=C/C(=O)NC1CCOc2ccccc21. The van der Waals surface area contributed by atoms with Gasteiger partial charge in [-0.3, -0.25) is 9.48 Å². The largest absolute Gasteiger partial charge is 0.493 e. The Kier molecular flexibility index (Phi) is 5.67. The van der Waals surface area contributed by atoms with Crippen molar-refractivity contribution in [2.24, 2.45) is 5.92 Å². The van der Waals surface area contributed by atoms with Gasteiger partial charge in [-0.1, -0.05) is 43.6 Å². The molecule has 6 heteroatoms. The minimum atomic E-state index is -0.154. The zero-order valence-corrected chi connectivity index (χ0v) is 16.1. The van der Waals surface area contributed by atoms with E-state index in [1.807, 2.05) is 31.2 Å². The lowest BCUT2D eigenvalue weighted by molar-refractivity contribution is -0.117. The van der Waals surface area contributed by atoms with Crippen molar-refractivity contribution in [1.82, 2.24) is 15.1 Å². The topological polar surface area (TPSA) is 56.2 Å². The smallest absolute Gasteiger partial charge is 0.244 e. The predicted molar refractivity (Wildman–Crippen MR) is 103 cm³/mol. The maximum absolute atomic E-state index is 12.4. The summed E-state index contributed by atoms with van der Waals surface area (Å²) in [5.41, 5.74) is 2.62. The predicted octanol–water partition coefficient (Wildman–Crippen LogP) is 4.15. The van der Waals surface area contributed by atoms with Crippen molar-refractivity contribution in [1.29, 1.82) is 0 Å². The van der Waals surface area contributed by atoms with E-state index in [1.165, 1.54) is 6.08 Å². The molecule has 1 unspecified atom stereocenters. The van der Waals surface area contributed by atoms with Gasteiger partial charge in [0, 0.05) is 30.2 Å². The zero-order chi connectivity index (χ0) is 18.7. The second kappa shape index (κ2) is 7.96. The van der Waals surface area contributed by atoms with E-state index in [0.717, 1.165) is 35.5 Å². The average Bonchev–Trinajstić information content (AvgIpc) is 2.86. The third kappa shape index (κ3) is 4.10. The molecule has 0 fully saturated rings. The number of halogens is 1. The fourth-order valence-corrected chi connectivity index (χ4v) is 3.40. The van der Waals surface area contributed by atoms with Gasteiger partial charge in [0.2, 0.25) is 5.91 Å². The number of benzene rings is 1. The molecule has 2 aromatic rings. The molecule has 0 saturated heterocycles. The van der Waals surface area contributed by atoms with Gasteiger partial charge < -0.3 is 10.1 Å². The molecule has 5 nitrogen and oxygen atoms in total. The summed E-state index contributed by atoms with van der Waals surface area (Å²) in [6, 6.07) is 7.75. The van der Waals surface area contributed by atoms with Crippen LogP contribution in [0.3, 0.4) is 0 Å². The summed E-state index contributed by atoms with van der Waals surface area (Å²) < 4.78 is 7.42. The summed E-state index contributed by atoms with van der Waals surface area (Å²) in [6.07, 6.45) is 4.01. The van der Waals surface area contributed by atoms with Crippen LogP contribution in [0.15, 0.2) is 30.3 Å². The number of nitrogens with one attached hydrogen (secondary N) is 1. The van der Waals surface area contributed by atoms with E-state index in [0.29, 0.717) is 17.7 Å². The molecule has 1 N–H and O–H groups in total. The highest BCUT2D eigenvalue weighted by atomic mass is 35.5. The van der Waals surface area contributed by atoms with Crippen LogP contribution in [0, 0.1) is 12.8 Å². The van der Waals surface area contributed by atoms with Crippen LogP contribution in [0.2, 0.25) is 5.15 Å². The van der Waals surface area contributed by atoms with Gasteiger partial charge in [-0.15, -0.1) is 0 Å². The van der Waals surface area contributed by atoms with Gasteiger partial charge in [-0.2, -0.15) is 5.10 Å². The van der Waals surface area contributed by atoms with Crippen molar-refractivity contribution in [2.75, 3.05) is 6.61 Å². The Morgan fingerprint density at radius 2 is 2.23 bits per heavy atom. The quantitative estimate of drug-likeness (QED) is 0.801. The summed E-state index contributed by atoms with van der Waals surface area (Å²) in [4.78, 5) is 12.4. The van der Waals surface area contributed by atoms with Crippen molar-refractivity contribution in [3.05, 3.63) is 52.3 Å². The van der Waals surface area contributed by atoms with Gasteiger partial charge in [0.1, 0.15) is 10.9 Å². The first-order chi connectivity index (χ1) is 12.5. The normalized spacial score (nSPS) is 16.6. The second-order valence-electron chi connectivity index (χ2n) is 6.94. The molecule has 0 saturated carbocycles. The highest BCUT2D eigenvalue weighted by Crippen LogP contribution is 2.31. The van der Waals surface area contributed by atoms with Crippen LogP contribution in [-0.2, 0) is 11.3 Å². The van der Waals surface area contributed by atoms with E-state index < -0.39 is 0 Å². The number of aryl methyl sites for hydroxylation is 1. The number of fused-ring (bicyclic) bond motifs is 1. The molecular formula is C20H24ClN3O2. The monoisotopic (exact) mass is 373 g/mol. The van der Waals surface area contributed by atoms with Crippen LogP contribution < -0.4 is 10.1 Å². The summed E-state index contributed by atoms with van der Waals surface area (Å²) in [5, 5.41) is 8.07. The Labute approximate surface area is 159 Å². The number of ether oxygens (including phenoxy) is 1. The number of rotatable bonds is 5. The van der Waals surface area contributed by atoms with E-state index in [-0.39, 0.29) is 11.9 Å². The van der Waals surface area contributed by atoms with E-state index in [9.17, 15) is 4.79 Å². The Balaban J connectivity index is 1.70. The van der Waals surface area contributed by atoms with Crippen molar-refractivity contribution in [3.8, 4) is 5.75 Å². The first-order valence-electron chi connectivity index (χ1n) is 8.89. The van der Waals surface area contributed by atoms with E-state index in [2.05, 4.69) is 24.3 Å². The number of para-hydroxylation sites is 1. The Morgan fingerprint density at radius 3 is 3.00 bits per heavy atom. The van der Waals surface area contributed by atoms with Crippen LogP contribution in [0.1, 0.15) is 43.1 Å². The van der Waals surface area contributed by atoms with Gasteiger partial charge >= 0.3 is 0 Å². The van der Waals surface area contributed by atoms with Gasteiger partial charge in [0.25, 0.3) is 0 Å². The first-order valence-corrected chi connectivity index (χ1v) is 9.26. The minimum absolute atomic E-state index is 0.0441. The molecular weight excluding hydrogens is 350 g/mol. The molecule has 1 aliphatic heterocycles. The molecule has 2 heterocycles. The molecule has 0 aliphatic carbocycles. The standard InChI is InChI=1S/C20H24ClN3O2/c1-13(2)12-24-20(21)15(14(3)23-24)8-9-19(25)22-17-10-11-26-18-7-5-4-6-16(17)18/h4-9,13,17H,10-12H2,1-3H3,(H,22,25)/b9-8+. The molecule has 0 radical (unpaired) electrons. The lowest BCUT2D eigenvalue weighted by Crippen LogP contribution is -2.30. The van der Waals surface area contributed by atoms with Crippen LogP contribution in [0.4, 0.5) is 0 Å². The summed E-state index contributed by atoms with van der Waals surface area (Å²) in [7, 11) is 0. The molecule has 1 aliphatic rings. The molecule has 1 amide bonds. The summed E-state index contributed by atoms with van der Waals surface area (Å²) in [5.74, 6) is 1.13. The molecule has 0 bridgehead atoms. The minimum Gasteiger partial charge on any atom is -0.493 e. The number of aromatic nitrogens is 2. The van der Waals surface area contributed by atoms with Crippen molar-refractivity contribution in [3.63, 3.8) is 0 Å². The maximum Gasteiger partial charge on any atom is 0.244 e. The van der Waals surface area contributed by atoms with Crippen LogP contribution >= 0.6 is 11.6 Å². The average molecular weight is 374 g/mol. The van der Waals surface area contributed by atoms with Crippen molar-refractivity contribution < 1.29 is 9.53 Å². The van der Waals surface area contributed by atoms with E-state index in [4.69, 9.17) is 16.3 Å². The van der Waals surface area contributed by atoms with Gasteiger partial charge in [0.15, 0.2) is 0 Å². The lowest BCUT2D eigenvalue weighted by atomic mass is 10.0. The number of carbonyl (C=O) groups is 1. The molecule has 3 rings (SSSR count). The number of amides is 1. The number of nitrogens with zero attached hydrogens (tertiary/aromatic N) is 2. The Morgan fingerprint density at radius 1 is 1.46 bits per heavy atom. The molecule has 0 spiro atoms.